The summed E-state index contributed by atoms with van der Waals surface area (Å²) in [7, 11) is 0. The zero-order chi connectivity index (χ0) is 16.4. The van der Waals surface area contributed by atoms with Crippen molar-refractivity contribution in [2.75, 3.05) is 11.9 Å². The monoisotopic (exact) mass is 323 g/mol. The van der Waals surface area contributed by atoms with E-state index in [1.54, 1.807) is 6.07 Å². The summed E-state index contributed by atoms with van der Waals surface area (Å²) in [5.74, 6) is 0.589. The van der Waals surface area contributed by atoms with Crippen molar-refractivity contribution in [2.24, 2.45) is 0 Å². The maximum Gasteiger partial charge on any atom is 0.573 e. The number of ether oxygens (including phenoxy) is 2. The van der Waals surface area contributed by atoms with Crippen LogP contribution in [0.25, 0.3) is 0 Å². The van der Waals surface area contributed by atoms with Crippen molar-refractivity contribution in [3.05, 3.63) is 53.6 Å². The molecule has 0 spiro atoms. The lowest BCUT2D eigenvalue weighted by atomic mass is 10.0. The van der Waals surface area contributed by atoms with Crippen molar-refractivity contribution in [1.82, 2.24) is 0 Å². The van der Waals surface area contributed by atoms with Crippen molar-refractivity contribution in [3.63, 3.8) is 0 Å². The van der Waals surface area contributed by atoms with E-state index in [4.69, 9.17) is 4.74 Å². The minimum Gasteiger partial charge on any atom is -0.494 e. The summed E-state index contributed by atoms with van der Waals surface area (Å²) >= 11 is 0. The predicted molar refractivity (Wildman–Crippen MR) is 80.8 cm³/mol. The zero-order valence-corrected chi connectivity index (χ0v) is 12.5. The van der Waals surface area contributed by atoms with Crippen LogP contribution < -0.4 is 14.8 Å². The second-order valence-corrected chi connectivity index (χ2v) is 5.27. The summed E-state index contributed by atoms with van der Waals surface area (Å²) in [5, 5.41) is 3.32. The van der Waals surface area contributed by atoms with E-state index in [1.807, 2.05) is 31.2 Å². The topological polar surface area (TPSA) is 30.5 Å². The third-order valence-electron chi connectivity index (χ3n) is 3.64. The van der Waals surface area contributed by atoms with Crippen LogP contribution in [0.5, 0.6) is 11.5 Å². The molecule has 122 valence electrons. The molecule has 6 heteroatoms. The first-order chi connectivity index (χ1) is 10.9. The number of benzene rings is 2. The molecule has 1 unspecified atom stereocenters. The molecule has 0 bridgehead atoms. The number of fused-ring (bicyclic) bond motifs is 1. The van der Waals surface area contributed by atoms with Crippen molar-refractivity contribution >= 4 is 5.69 Å². The molecule has 1 heterocycles. The minimum absolute atomic E-state index is 0.00606. The van der Waals surface area contributed by atoms with E-state index >= 15 is 0 Å². The fourth-order valence-corrected chi connectivity index (χ4v) is 2.72. The second kappa shape index (κ2) is 6.02. The van der Waals surface area contributed by atoms with Gasteiger partial charge in [-0.3, -0.25) is 0 Å². The van der Waals surface area contributed by atoms with Crippen molar-refractivity contribution in [3.8, 4) is 11.5 Å². The molecule has 2 aromatic rings. The molecule has 0 amide bonds. The van der Waals surface area contributed by atoms with Gasteiger partial charge >= 0.3 is 6.36 Å². The molecule has 0 aliphatic carbocycles. The second-order valence-electron chi connectivity index (χ2n) is 5.27. The Morgan fingerprint density at radius 3 is 2.70 bits per heavy atom. The molecule has 0 saturated carbocycles. The maximum absolute atomic E-state index is 12.3. The molecule has 1 atom stereocenters. The molecule has 3 rings (SSSR count). The van der Waals surface area contributed by atoms with E-state index in [9.17, 15) is 13.2 Å². The van der Waals surface area contributed by atoms with Crippen LogP contribution >= 0.6 is 0 Å². The zero-order valence-electron chi connectivity index (χ0n) is 12.5. The van der Waals surface area contributed by atoms with Gasteiger partial charge in [-0.2, -0.15) is 0 Å². The third-order valence-corrected chi connectivity index (χ3v) is 3.64. The average molecular weight is 323 g/mol. The van der Waals surface area contributed by atoms with Gasteiger partial charge in [-0.1, -0.05) is 12.1 Å². The summed E-state index contributed by atoms with van der Waals surface area (Å²) in [6.07, 6.45) is -4.08. The number of alkyl halides is 3. The first kappa shape index (κ1) is 15.5. The highest BCUT2D eigenvalue weighted by molar-refractivity contribution is 5.60. The number of rotatable bonds is 4. The Hall–Kier alpha value is -2.37. The molecule has 2 aromatic carbocycles. The molecule has 1 aliphatic heterocycles. The molecule has 1 aliphatic rings. The van der Waals surface area contributed by atoms with Gasteiger partial charge in [0.25, 0.3) is 0 Å². The standard InChI is InChI=1S/C17H16F3NO2/c1-2-22-13-5-3-4-11(8-13)16-10-12-9-14(23-17(18,19)20)6-7-15(12)21-16/h3-9,16,21H,2,10H2,1H3. The van der Waals surface area contributed by atoms with Crippen LogP contribution in [0.3, 0.4) is 0 Å². The van der Waals surface area contributed by atoms with Crippen LogP contribution in [0.1, 0.15) is 24.1 Å². The quantitative estimate of drug-likeness (QED) is 0.885. The molecule has 0 radical (unpaired) electrons. The lowest BCUT2D eigenvalue weighted by Crippen LogP contribution is -2.17. The van der Waals surface area contributed by atoms with Gasteiger partial charge in [0.1, 0.15) is 11.5 Å². The van der Waals surface area contributed by atoms with Crippen molar-refractivity contribution in [1.29, 1.82) is 0 Å². The number of hydrogen-bond acceptors (Lipinski definition) is 3. The third kappa shape index (κ3) is 3.70. The van der Waals surface area contributed by atoms with E-state index in [0.29, 0.717) is 13.0 Å². The van der Waals surface area contributed by atoms with E-state index in [-0.39, 0.29) is 11.8 Å². The normalized spacial score (nSPS) is 16.6. The fourth-order valence-electron chi connectivity index (χ4n) is 2.72. The van der Waals surface area contributed by atoms with Crippen LogP contribution in [-0.4, -0.2) is 13.0 Å². The highest BCUT2D eigenvalue weighted by Crippen LogP contribution is 2.37. The molecule has 0 fully saturated rings. The van der Waals surface area contributed by atoms with Crippen molar-refractivity contribution < 1.29 is 22.6 Å². The summed E-state index contributed by atoms with van der Waals surface area (Å²) < 4.78 is 46.4. The lowest BCUT2D eigenvalue weighted by Gasteiger charge is -2.13. The fraction of sp³-hybridized carbons (Fsp3) is 0.294. The number of nitrogens with one attached hydrogen (secondary N) is 1. The predicted octanol–water partition coefficient (Wildman–Crippen LogP) is 4.69. The Morgan fingerprint density at radius 1 is 1.13 bits per heavy atom. The van der Waals surface area contributed by atoms with Crippen molar-refractivity contribution in [2.45, 2.75) is 25.7 Å². The smallest absolute Gasteiger partial charge is 0.494 e. The molecular weight excluding hydrogens is 307 g/mol. The number of hydrogen-bond donors (Lipinski definition) is 1. The van der Waals surface area contributed by atoms with Crippen LogP contribution in [0, 0.1) is 0 Å². The molecule has 0 aromatic heterocycles. The SMILES string of the molecule is CCOc1cccc(C2Cc3cc(OC(F)(F)F)ccc3N2)c1. The van der Waals surface area contributed by atoms with Gasteiger partial charge in [-0.25, -0.2) is 0 Å². The number of anilines is 1. The van der Waals surface area contributed by atoms with E-state index in [0.717, 1.165) is 22.6 Å². The Labute approximate surface area is 132 Å². The first-order valence-corrected chi connectivity index (χ1v) is 7.32. The average Bonchev–Trinajstić information content (AvgIpc) is 2.89. The van der Waals surface area contributed by atoms with E-state index in [1.165, 1.54) is 12.1 Å². The number of halogens is 3. The van der Waals surface area contributed by atoms with Crippen LogP contribution in [0.15, 0.2) is 42.5 Å². The maximum atomic E-state index is 12.3. The lowest BCUT2D eigenvalue weighted by molar-refractivity contribution is -0.274. The Kier molecular flexibility index (Phi) is 4.07. The molecule has 23 heavy (non-hydrogen) atoms. The van der Waals surface area contributed by atoms with Gasteiger partial charge in [0.2, 0.25) is 0 Å². The molecular formula is C17H16F3NO2. The first-order valence-electron chi connectivity index (χ1n) is 7.32. The summed E-state index contributed by atoms with van der Waals surface area (Å²) in [4.78, 5) is 0. The van der Waals surface area contributed by atoms with Crippen LogP contribution in [0.2, 0.25) is 0 Å². The van der Waals surface area contributed by atoms with Gasteiger partial charge in [0.05, 0.1) is 12.6 Å². The summed E-state index contributed by atoms with van der Waals surface area (Å²) in [6.45, 7) is 2.50. The van der Waals surface area contributed by atoms with Crippen LogP contribution in [-0.2, 0) is 6.42 Å². The highest BCUT2D eigenvalue weighted by Gasteiger charge is 2.32. The molecule has 0 saturated heterocycles. The summed E-state index contributed by atoms with van der Waals surface area (Å²) in [6, 6.07) is 12.1. The van der Waals surface area contributed by atoms with Gasteiger partial charge in [0, 0.05) is 5.69 Å². The van der Waals surface area contributed by atoms with Gasteiger partial charge < -0.3 is 14.8 Å². The summed E-state index contributed by atoms with van der Waals surface area (Å²) in [5.41, 5.74) is 2.66. The van der Waals surface area contributed by atoms with Crippen LogP contribution in [0.4, 0.5) is 18.9 Å². The Balaban J connectivity index is 1.77. The molecule has 3 nitrogen and oxygen atoms in total. The minimum atomic E-state index is -4.68. The van der Waals surface area contributed by atoms with Gasteiger partial charge in [-0.05, 0) is 54.8 Å². The van der Waals surface area contributed by atoms with Gasteiger partial charge in [-0.15, -0.1) is 13.2 Å². The Morgan fingerprint density at radius 2 is 1.96 bits per heavy atom. The Bertz CT molecular complexity index is 700. The van der Waals surface area contributed by atoms with E-state index in [2.05, 4.69) is 10.1 Å². The highest BCUT2D eigenvalue weighted by atomic mass is 19.4. The molecule has 1 N–H and O–H groups in total. The van der Waals surface area contributed by atoms with E-state index < -0.39 is 6.36 Å². The van der Waals surface area contributed by atoms with Gasteiger partial charge in [0.15, 0.2) is 0 Å². The largest absolute Gasteiger partial charge is 0.573 e.